The molecule has 0 aliphatic carbocycles. The van der Waals surface area contributed by atoms with Crippen molar-refractivity contribution in [3.8, 4) is 0 Å². The van der Waals surface area contributed by atoms with Crippen LogP contribution < -0.4 is 5.32 Å². The van der Waals surface area contributed by atoms with E-state index in [1.54, 1.807) is 19.9 Å². The molecule has 1 amide bonds. The summed E-state index contributed by atoms with van der Waals surface area (Å²) in [6.07, 6.45) is 0.737. The van der Waals surface area contributed by atoms with E-state index in [1.165, 1.54) is 0 Å². The first-order chi connectivity index (χ1) is 7.52. The van der Waals surface area contributed by atoms with Crippen molar-refractivity contribution in [1.82, 2.24) is 5.32 Å². The molecule has 1 heterocycles. The summed E-state index contributed by atoms with van der Waals surface area (Å²) in [4.78, 5) is 22.1. The van der Waals surface area contributed by atoms with Gasteiger partial charge >= 0.3 is 0 Å². The molecular formula is C11H12N2O3. The van der Waals surface area contributed by atoms with Crippen molar-refractivity contribution in [3.05, 3.63) is 38.4 Å². The maximum Gasteiger partial charge on any atom is 0.275 e. The van der Waals surface area contributed by atoms with Gasteiger partial charge in [-0.05, 0) is 31.9 Å². The van der Waals surface area contributed by atoms with Crippen LogP contribution in [0.15, 0.2) is 6.07 Å². The molecule has 1 N–H and O–H groups in total. The maximum absolute atomic E-state index is 11.7. The molecule has 1 aromatic rings. The van der Waals surface area contributed by atoms with Crippen LogP contribution in [0, 0.1) is 24.0 Å². The summed E-state index contributed by atoms with van der Waals surface area (Å²) >= 11 is 0. The van der Waals surface area contributed by atoms with E-state index in [0.29, 0.717) is 23.2 Å². The Hall–Kier alpha value is -1.91. The van der Waals surface area contributed by atoms with Crippen molar-refractivity contribution in [2.45, 2.75) is 20.3 Å². The number of nitro groups is 1. The standard InChI is InChI=1S/C11H12N2O3/c1-6-5-8-3-4-12-11(14)9(8)7(2)10(6)13(15)16/h5H,3-4H2,1-2H3,(H,12,14). The average Bonchev–Trinajstić information content (AvgIpc) is 2.15. The zero-order chi connectivity index (χ0) is 11.9. The second kappa shape index (κ2) is 3.59. The van der Waals surface area contributed by atoms with Gasteiger partial charge in [-0.1, -0.05) is 0 Å². The van der Waals surface area contributed by atoms with Gasteiger partial charge in [0.05, 0.1) is 10.5 Å². The molecule has 84 valence electrons. The fourth-order valence-electron chi connectivity index (χ4n) is 2.25. The minimum Gasteiger partial charge on any atom is -0.352 e. The van der Waals surface area contributed by atoms with Gasteiger partial charge in [-0.2, -0.15) is 0 Å². The number of carbonyl (C=O) groups excluding carboxylic acids is 1. The SMILES string of the molecule is Cc1cc2c(c(C)c1[N+](=O)[O-])C(=O)NCC2. The molecule has 5 nitrogen and oxygen atoms in total. The fraction of sp³-hybridized carbons (Fsp3) is 0.364. The summed E-state index contributed by atoms with van der Waals surface area (Å²) in [6, 6.07) is 1.75. The van der Waals surface area contributed by atoms with E-state index < -0.39 is 4.92 Å². The smallest absolute Gasteiger partial charge is 0.275 e. The van der Waals surface area contributed by atoms with Crippen LogP contribution in [0.4, 0.5) is 5.69 Å². The lowest BCUT2D eigenvalue weighted by Gasteiger charge is -2.19. The van der Waals surface area contributed by atoms with Crippen LogP contribution in [0.3, 0.4) is 0 Å². The van der Waals surface area contributed by atoms with Crippen molar-refractivity contribution < 1.29 is 9.72 Å². The largest absolute Gasteiger partial charge is 0.352 e. The molecule has 1 aliphatic heterocycles. The van der Waals surface area contributed by atoms with E-state index >= 15 is 0 Å². The van der Waals surface area contributed by atoms with Gasteiger partial charge < -0.3 is 5.32 Å². The zero-order valence-corrected chi connectivity index (χ0v) is 9.16. The van der Waals surface area contributed by atoms with E-state index in [1.807, 2.05) is 0 Å². The van der Waals surface area contributed by atoms with Crippen LogP contribution in [-0.4, -0.2) is 17.4 Å². The first-order valence-electron chi connectivity index (χ1n) is 5.08. The quantitative estimate of drug-likeness (QED) is 0.575. The zero-order valence-electron chi connectivity index (χ0n) is 9.16. The molecule has 2 rings (SSSR count). The Bertz CT molecular complexity index is 494. The number of aryl methyl sites for hydroxylation is 1. The molecule has 0 saturated heterocycles. The van der Waals surface area contributed by atoms with E-state index in [9.17, 15) is 14.9 Å². The molecule has 0 spiro atoms. The molecule has 0 bridgehead atoms. The number of amides is 1. The molecule has 16 heavy (non-hydrogen) atoms. The van der Waals surface area contributed by atoms with E-state index in [-0.39, 0.29) is 11.6 Å². The number of nitrogens with zero attached hydrogens (tertiary/aromatic N) is 1. The molecule has 1 aromatic carbocycles. The van der Waals surface area contributed by atoms with Crippen LogP contribution >= 0.6 is 0 Å². The number of hydrogen-bond donors (Lipinski definition) is 1. The van der Waals surface area contributed by atoms with Gasteiger partial charge in [0.25, 0.3) is 11.6 Å². The van der Waals surface area contributed by atoms with Crippen LogP contribution in [0.1, 0.15) is 27.0 Å². The third kappa shape index (κ3) is 1.44. The van der Waals surface area contributed by atoms with Crippen molar-refractivity contribution in [2.24, 2.45) is 0 Å². The number of nitro benzene ring substituents is 1. The van der Waals surface area contributed by atoms with Crippen LogP contribution in [0.5, 0.6) is 0 Å². The average molecular weight is 220 g/mol. The van der Waals surface area contributed by atoms with Crippen molar-refractivity contribution in [3.63, 3.8) is 0 Å². The predicted molar refractivity (Wildman–Crippen MR) is 58.6 cm³/mol. The molecule has 0 aromatic heterocycles. The van der Waals surface area contributed by atoms with Gasteiger partial charge in [-0.15, -0.1) is 0 Å². The summed E-state index contributed by atoms with van der Waals surface area (Å²) in [5.41, 5.74) is 2.52. The summed E-state index contributed by atoms with van der Waals surface area (Å²) in [5.74, 6) is -0.207. The van der Waals surface area contributed by atoms with Crippen molar-refractivity contribution in [1.29, 1.82) is 0 Å². The van der Waals surface area contributed by atoms with Gasteiger partial charge in [-0.3, -0.25) is 14.9 Å². The van der Waals surface area contributed by atoms with E-state index in [0.717, 1.165) is 12.0 Å². The lowest BCUT2D eigenvalue weighted by Crippen LogP contribution is -2.32. The molecule has 0 radical (unpaired) electrons. The Balaban J connectivity index is 2.73. The minimum atomic E-state index is -0.424. The first-order valence-corrected chi connectivity index (χ1v) is 5.08. The topological polar surface area (TPSA) is 72.2 Å². The Kier molecular flexibility index (Phi) is 2.38. The molecular weight excluding hydrogens is 208 g/mol. The highest BCUT2D eigenvalue weighted by Gasteiger charge is 2.26. The molecule has 0 fully saturated rings. The van der Waals surface area contributed by atoms with E-state index in [2.05, 4.69) is 5.32 Å². The molecule has 1 aliphatic rings. The Morgan fingerprint density at radius 1 is 1.44 bits per heavy atom. The number of carbonyl (C=O) groups is 1. The summed E-state index contributed by atoms with van der Waals surface area (Å²) in [5, 5.41) is 13.6. The predicted octanol–water partition coefficient (Wildman–Crippen LogP) is 1.50. The summed E-state index contributed by atoms with van der Waals surface area (Å²) in [7, 11) is 0. The minimum absolute atomic E-state index is 0.0517. The second-order valence-electron chi connectivity index (χ2n) is 3.96. The highest BCUT2D eigenvalue weighted by atomic mass is 16.6. The molecule has 0 saturated carbocycles. The van der Waals surface area contributed by atoms with Gasteiger partial charge in [0, 0.05) is 17.7 Å². The molecule has 5 heteroatoms. The van der Waals surface area contributed by atoms with Gasteiger partial charge in [0.15, 0.2) is 0 Å². The maximum atomic E-state index is 11.7. The van der Waals surface area contributed by atoms with Crippen LogP contribution in [-0.2, 0) is 6.42 Å². The third-order valence-corrected chi connectivity index (χ3v) is 2.91. The number of nitrogens with one attached hydrogen (secondary N) is 1. The van der Waals surface area contributed by atoms with E-state index in [4.69, 9.17) is 0 Å². The summed E-state index contributed by atoms with van der Waals surface area (Å²) < 4.78 is 0. The Morgan fingerprint density at radius 2 is 2.12 bits per heavy atom. The lowest BCUT2D eigenvalue weighted by molar-refractivity contribution is -0.386. The number of hydrogen-bond acceptors (Lipinski definition) is 3. The Morgan fingerprint density at radius 3 is 2.75 bits per heavy atom. The van der Waals surface area contributed by atoms with Gasteiger partial charge in [-0.25, -0.2) is 0 Å². The normalized spacial score (nSPS) is 14.2. The Labute approximate surface area is 92.6 Å². The first kappa shape index (κ1) is 10.6. The second-order valence-corrected chi connectivity index (χ2v) is 3.96. The fourth-order valence-corrected chi connectivity index (χ4v) is 2.25. The third-order valence-electron chi connectivity index (χ3n) is 2.91. The monoisotopic (exact) mass is 220 g/mol. The molecule has 0 atom stereocenters. The number of fused-ring (bicyclic) bond motifs is 1. The van der Waals surface area contributed by atoms with Gasteiger partial charge in [0.2, 0.25) is 0 Å². The van der Waals surface area contributed by atoms with Crippen LogP contribution in [0.2, 0.25) is 0 Å². The van der Waals surface area contributed by atoms with Crippen LogP contribution in [0.25, 0.3) is 0 Å². The van der Waals surface area contributed by atoms with Crippen molar-refractivity contribution >= 4 is 11.6 Å². The number of rotatable bonds is 1. The van der Waals surface area contributed by atoms with Crippen molar-refractivity contribution in [2.75, 3.05) is 6.54 Å². The highest BCUT2D eigenvalue weighted by Crippen LogP contribution is 2.30. The van der Waals surface area contributed by atoms with Gasteiger partial charge in [0.1, 0.15) is 0 Å². The number of benzene rings is 1. The highest BCUT2D eigenvalue weighted by molar-refractivity contribution is 5.99. The summed E-state index contributed by atoms with van der Waals surface area (Å²) in [6.45, 7) is 3.94. The lowest BCUT2D eigenvalue weighted by atomic mass is 9.92. The molecule has 0 unspecified atom stereocenters.